The molecule has 0 aliphatic heterocycles. The maximum atomic E-state index is 11.6. The third-order valence-corrected chi connectivity index (χ3v) is 4.83. The van der Waals surface area contributed by atoms with Crippen LogP contribution < -0.4 is 10.4 Å². The fraction of sp³-hybridized carbons (Fsp3) is 0.400. The highest BCUT2D eigenvalue weighted by Gasteiger charge is 2.25. The molecule has 5 nitrogen and oxygen atoms in total. The molecule has 0 radical (unpaired) electrons. The summed E-state index contributed by atoms with van der Waals surface area (Å²) < 4.78 is 0. The lowest BCUT2D eigenvalue weighted by Gasteiger charge is -2.20. The Hall–Kier alpha value is -2.13. The average Bonchev–Trinajstić information content (AvgIpc) is 2.80. The zero-order chi connectivity index (χ0) is 15.4. The van der Waals surface area contributed by atoms with Gasteiger partial charge in [0.25, 0.3) is 0 Å². The van der Waals surface area contributed by atoms with Crippen LogP contribution in [0.1, 0.15) is 35.8 Å². The first-order chi connectivity index (χ1) is 10.0. The molecule has 0 fully saturated rings. The molecule has 0 saturated heterocycles. The van der Waals surface area contributed by atoms with Gasteiger partial charge in [-0.1, -0.05) is 13.3 Å². The molecule has 1 aromatic heterocycles. The minimum atomic E-state index is -1.43. The van der Waals surface area contributed by atoms with E-state index in [1.807, 2.05) is 0 Å². The molecule has 1 N–H and O–H groups in total. The number of hydrogen-bond acceptors (Lipinski definition) is 5. The van der Waals surface area contributed by atoms with Gasteiger partial charge in [-0.15, -0.1) is 11.3 Å². The zero-order valence-corrected chi connectivity index (χ0v) is 12.5. The van der Waals surface area contributed by atoms with Crippen LogP contribution in [0.5, 0.6) is 0 Å². The summed E-state index contributed by atoms with van der Waals surface area (Å²) in [4.78, 5) is 23.1. The Bertz CT molecular complexity index is 640. The monoisotopic (exact) mass is 303 g/mol. The van der Waals surface area contributed by atoms with Crippen LogP contribution in [0.2, 0.25) is 0 Å². The van der Waals surface area contributed by atoms with Gasteiger partial charge in [-0.05, 0) is 36.8 Å². The molecule has 0 unspecified atom stereocenters. The van der Waals surface area contributed by atoms with E-state index < -0.39 is 11.9 Å². The van der Waals surface area contributed by atoms with E-state index in [0.29, 0.717) is 22.6 Å². The van der Waals surface area contributed by atoms with Crippen molar-refractivity contribution in [2.45, 2.75) is 32.6 Å². The third-order valence-electron chi connectivity index (χ3n) is 3.66. The Morgan fingerprint density at radius 3 is 2.90 bits per heavy atom. The molecule has 1 heterocycles. The highest BCUT2D eigenvalue weighted by molar-refractivity contribution is 7.16. The SMILES string of the molecule is CC[C@@H]1CCc2c(sc(NC(=O)/C=C/C(=O)[O-])c2C#N)C1. The second-order valence-corrected chi connectivity index (χ2v) is 6.08. The number of rotatable bonds is 4. The van der Waals surface area contributed by atoms with E-state index in [0.717, 1.165) is 42.2 Å². The van der Waals surface area contributed by atoms with Gasteiger partial charge in [0.2, 0.25) is 5.91 Å². The van der Waals surface area contributed by atoms with E-state index in [-0.39, 0.29) is 0 Å². The van der Waals surface area contributed by atoms with Crippen LogP contribution in [0.15, 0.2) is 12.2 Å². The van der Waals surface area contributed by atoms with Crippen molar-refractivity contribution >= 4 is 28.2 Å². The summed E-state index contributed by atoms with van der Waals surface area (Å²) in [5.41, 5.74) is 1.55. The van der Waals surface area contributed by atoms with Crippen molar-refractivity contribution in [3.8, 4) is 6.07 Å². The van der Waals surface area contributed by atoms with Crippen LogP contribution in [0, 0.1) is 17.2 Å². The highest BCUT2D eigenvalue weighted by Crippen LogP contribution is 2.39. The molecule has 0 saturated carbocycles. The normalized spacial score (nSPS) is 17.2. The largest absolute Gasteiger partial charge is 0.545 e. The molecular weight excluding hydrogens is 288 g/mol. The number of nitrogens with one attached hydrogen (secondary N) is 1. The van der Waals surface area contributed by atoms with Gasteiger partial charge in [-0.25, -0.2) is 0 Å². The van der Waals surface area contributed by atoms with Crippen molar-refractivity contribution in [3.05, 3.63) is 28.2 Å². The molecule has 0 bridgehead atoms. The van der Waals surface area contributed by atoms with Gasteiger partial charge in [0.05, 0.1) is 11.5 Å². The van der Waals surface area contributed by atoms with E-state index >= 15 is 0 Å². The summed E-state index contributed by atoms with van der Waals surface area (Å²) in [6, 6.07) is 2.15. The summed E-state index contributed by atoms with van der Waals surface area (Å²) >= 11 is 1.42. The van der Waals surface area contributed by atoms with Crippen molar-refractivity contribution in [3.63, 3.8) is 0 Å². The Morgan fingerprint density at radius 1 is 1.52 bits per heavy atom. The van der Waals surface area contributed by atoms with Crippen molar-refractivity contribution in [2.75, 3.05) is 5.32 Å². The number of fused-ring (bicyclic) bond motifs is 1. The number of amides is 1. The predicted molar refractivity (Wildman–Crippen MR) is 77.6 cm³/mol. The smallest absolute Gasteiger partial charge is 0.249 e. The Labute approximate surface area is 126 Å². The van der Waals surface area contributed by atoms with Crippen molar-refractivity contribution in [1.82, 2.24) is 0 Å². The minimum absolute atomic E-state index is 0.507. The average molecular weight is 303 g/mol. The molecule has 6 heteroatoms. The quantitative estimate of drug-likeness (QED) is 0.850. The molecule has 1 aliphatic carbocycles. The van der Waals surface area contributed by atoms with Crippen LogP contribution in [0.3, 0.4) is 0 Å². The number of carbonyl (C=O) groups is 2. The van der Waals surface area contributed by atoms with Gasteiger partial charge in [0.15, 0.2) is 0 Å². The first-order valence-corrected chi connectivity index (χ1v) is 7.61. The van der Waals surface area contributed by atoms with Crippen LogP contribution in [0.4, 0.5) is 5.00 Å². The molecule has 1 aliphatic rings. The van der Waals surface area contributed by atoms with Gasteiger partial charge in [0, 0.05) is 11.0 Å². The van der Waals surface area contributed by atoms with Gasteiger partial charge in [-0.2, -0.15) is 5.26 Å². The molecule has 21 heavy (non-hydrogen) atoms. The third kappa shape index (κ3) is 3.50. The maximum Gasteiger partial charge on any atom is 0.249 e. The number of anilines is 1. The number of carbonyl (C=O) groups excluding carboxylic acids is 2. The second-order valence-electron chi connectivity index (χ2n) is 4.98. The molecule has 1 atom stereocenters. The number of carboxylic acids is 1. The second kappa shape index (κ2) is 6.55. The molecule has 2 rings (SSSR count). The van der Waals surface area contributed by atoms with E-state index in [1.165, 1.54) is 11.3 Å². The summed E-state index contributed by atoms with van der Waals surface area (Å²) in [5, 5.41) is 22.7. The highest BCUT2D eigenvalue weighted by atomic mass is 32.1. The topological polar surface area (TPSA) is 93.0 Å². The Morgan fingerprint density at radius 2 is 2.29 bits per heavy atom. The molecule has 0 spiro atoms. The Balaban J connectivity index is 2.22. The van der Waals surface area contributed by atoms with Crippen LogP contribution in [-0.2, 0) is 22.4 Å². The lowest BCUT2D eigenvalue weighted by atomic mass is 9.86. The zero-order valence-electron chi connectivity index (χ0n) is 11.6. The molecule has 1 aromatic rings. The van der Waals surface area contributed by atoms with Gasteiger partial charge in [-0.3, -0.25) is 4.79 Å². The first-order valence-electron chi connectivity index (χ1n) is 6.79. The van der Waals surface area contributed by atoms with E-state index in [9.17, 15) is 20.0 Å². The number of carboxylic acid groups (broad SMARTS) is 1. The number of aliphatic carboxylic acids is 1. The van der Waals surface area contributed by atoms with Gasteiger partial charge < -0.3 is 15.2 Å². The lowest BCUT2D eigenvalue weighted by Crippen LogP contribution is -2.20. The van der Waals surface area contributed by atoms with Gasteiger partial charge >= 0.3 is 0 Å². The van der Waals surface area contributed by atoms with E-state index in [2.05, 4.69) is 18.3 Å². The van der Waals surface area contributed by atoms with Crippen molar-refractivity contribution in [2.24, 2.45) is 5.92 Å². The number of nitrogens with zero attached hydrogens (tertiary/aromatic N) is 1. The summed E-state index contributed by atoms with van der Waals surface area (Å²) in [6.07, 6.45) is 5.53. The Kier molecular flexibility index (Phi) is 4.76. The van der Waals surface area contributed by atoms with Crippen molar-refractivity contribution in [1.29, 1.82) is 5.26 Å². The standard InChI is InChI=1S/C15H16N2O3S/c1-2-9-3-4-10-11(8-16)15(21-12(10)7-9)17-13(18)5-6-14(19)20/h5-6,9H,2-4,7H2,1H3,(H,17,18)(H,19,20)/p-1/b6-5+/t9-/m1/s1. The van der Waals surface area contributed by atoms with E-state index in [1.54, 1.807) is 0 Å². The maximum absolute atomic E-state index is 11.6. The van der Waals surface area contributed by atoms with E-state index in [4.69, 9.17) is 0 Å². The van der Waals surface area contributed by atoms with Crippen LogP contribution in [-0.4, -0.2) is 11.9 Å². The first kappa shape index (κ1) is 15.3. The number of thiophene rings is 1. The van der Waals surface area contributed by atoms with Crippen LogP contribution >= 0.6 is 11.3 Å². The number of hydrogen-bond donors (Lipinski definition) is 1. The minimum Gasteiger partial charge on any atom is -0.545 e. The fourth-order valence-corrected chi connectivity index (χ4v) is 3.82. The fourth-order valence-electron chi connectivity index (χ4n) is 2.51. The molecule has 1 amide bonds. The summed E-state index contributed by atoms with van der Waals surface area (Å²) in [5.74, 6) is -1.37. The lowest BCUT2D eigenvalue weighted by molar-refractivity contribution is -0.297. The predicted octanol–water partition coefficient (Wildman–Crippen LogP) is 1.38. The number of nitriles is 1. The van der Waals surface area contributed by atoms with Crippen molar-refractivity contribution < 1.29 is 14.7 Å². The summed E-state index contributed by atoms with van der Waals surface area (Å²) in [7, 11) is 0. The summed E-state index contributed by atoms with van der Waals surface area (Å²) in [6.45, 7) is 2.15. The molecule has 110 valence electrons. The molecule has 0 aromatic carbocycles. The van der Waals surface area contributed by atoms with Gasteiger partial charge in [0.1, 0.15) is 11.1 Å². The molecular formula is C15H15N2O3S-. The van der Waals surface area contributed by atoms with Crippen LogP contribution in [0.25, 0.3) is 0 Å².